The summed E-state index contributed by atoms with van der Waals surface area (Å²) in [5, 5.41) is 8.24. The van der Waals surface area contributed by atoms with E-state index in [1.54, 1.807) is 18.5 Å². The lowest BCUT2D eigenvalue weighted by Crippen LogP contribution is -2.29. The lowest BCUT2D eigenvalue weighted by Gasteiger charge is -2.15. The molecule has 0 atom stereocenters. The third-order valence-corrected chi connectivity index (χ3v) is 4.92. The maximum atomic E-state index is 13.9. The Morgan fingerprint density at radius 1 is 1.28 bits per heavy atom. The van der Waals surface area contributed by atoms with Crippen LogP contribution < -0.4 is 22.0 Å². The van der Waals surface area contributed by atoms with Gasteiger partial charge in [-0.1, -0.05) is 6.92 Å². The molecule has 170 valence electrons. The highest BCUT2D eigenvalue weighted by molar-refractivity contribution is 5.81. The number of hydrazine groups is 1. The van der Waals surface area contributed by atoms with Crippen LogP contribution in [0.25, 0.3) is 16.7 Å². The Morgan fingerprint density at radius 2 is 2.09 bits per heavy atom. The molecule has 0 aliphatic rings. The van der Waals surface area contributed by atoms with Gasteiger partial charge in [0.1, 0.15) is 11.5 Å². The smallest absolute Gasteiger partial charge is 0.250 e. The zero-order valence-electron chi connectivity index (χ0n) is 17.7. The first-order chi connectivity index (χ1) is 15.3. The molecule has 0 spiro atoms. The molecular formula is C21H26F2N8O. The SMILES string of the molecule is CC/C(N)=N/N(N)c1ccc(-n2ccc3cc(CCC(F)(F)CCNC=O)cnc32)cn1. The molecule has 11 heteroatoms. The van der Waals surface area contributed by atoms with Gasteiger partial charge in [0.25, 0.3) is 0 Å². The third-order valence-electron chi connectivity index (χ3n) is 4.92. The zero-order chi connectivity index (χ0) is 23.1. The molecule has 0 aliphatic heterocycles. The number of aromatic nitrogens is 3. The highest BCUT2D eigenvalue weighted by Gasteiger charge is 2.27. The van der Waals surface area contributed by atoms with Gasteiger partial charge in [0.05, 0.1) is 11.9 Å². The highest BCUT2D eigenvalue weighted by Crippen LogP contribution is 2.26. The summed E-state index contributed by atoms with van der Waals surface area (Å²) in [4.78, 5) is 19.0. The molecule has 0 radical (unpaired) electrons. The van der Waals surface area contributed by atoms with Crippen LogP contribution in [0.4, 0.5) is 14.6 Å². The second-order valence-electron chi connectivity index (χ2n) is 7.28. The Hall–Kier alpha value is -3.60. The van der Waals surface area contributed by atoms with Crippen LogP contribution in [-0.2, 0) is 11.2 Å². The van der Waals surface area contributed by atoms with Crippen LogP contribution >= 0.6 is 0 Å². The van der Waals surface area contributed by atoms with Crippen molar-refractivity contribution in [1.29, 1.82) is 0 Å². The fourth-order valence-electron chi connectivity index (χ4n) is 3.10. The molecule has 0 fully saturated rings. The average Bonchev–Trinajstić information content (AvgIpc) is 3.21. The average molecular weight is 444 g/mol. The maximum Gasteiger partial charge on any atom is 0.250 e. The van der Waals surface area contributed by atoms with E-state index in [1.165, 1.54) is 0 Å². The van der Waals surface area contributed by atoms with Crippen molar-refractivity contribution in [1.82, 2.24) is 19.9 Å². The first-order valence-corrected chi connectivity index (χ1v) is 10.2. The summed E-state index contributed by atoms with van der Waals surface area (Å²) in [6.45, 7) is 1.82. The summed E-state index contributed by atoms with van der Waals surface area (Å²) < 4.78 is 29.7. The molecule has 5 N–H and O–H groups in total. The highest BCUT2D eigenvalue weighted by atomic mass is 19.3. The summed E-state index contributed by atoms with van der Waals surface area (Å²) in [6, 6.07) is 7.25. The van der Waals surface area contributed by atoms with Gasteiger partial charge in [0.15, 0.2) is 5.82 Å². The van der Waals surface area contributed by atoms with Gasteiger partial charge in [-0.2, -0.15) is 5.12 Å². The summed E-state index contributed by atoms with van der Waals surface area (Å²) in [6.07, 6.45) is 5.55. The lowest BCUT2D eigenvalue weighted by atomic mass is 10.0. The van der Waals surface area contributed by atoms with E-state index in [1.807, 2.05) is 35.9 Å². The molecule has 9 nitrogen and oxygen atoms in total. The molecule has 3 rings (SSSR count). The van der Waals surface area contributed by atoms with E-state index in [-0.39, 0.29) is 19.4 Å². The number of amidine groups is 1. The van der Waals surface area contributed by atoms with Gasteiger partial charge in [-0.05, 0) is 36.2 Å². The molecule has 0 unspecified atom stereocenters. The second-order valence-corrected chi connectivity index (χ2v) is 7.28. The minimum Gasteiger partial charge on any atom is -0.386 e. The van der Waals surface area contributed by atoms with E-state index in [0.717, 1.165) is 21.8 Å². The topological polar surface area (TPSA) is 127 Å². The van der Waals surface area contributed by atoms with E-state index in [4.69, 9.17) is 11.6 Å². The monoisotopic (exact) mass is 444 g/mol. The van der Waals surface area contributed by atoms with Gasteiger partial charge in [-0.25, -0.2) is 24.6 Å². The van der Waals surface area contributed by atoms with Gasteiger partial charge < -0.3 is 11.1 Å². The second kappa shape index (κ2) is 10.1. The molecule has 0 saturated heterocycles. The number of hydrogen-bond donors (Lipinski definition) is 3. The quantitative estimate of drug-likeness (QED) is 0.104. The van der Waals surface area contributed by atoms with E-state index in [2.05, 4.69) is 20.4 Å². The predicted octanol–water partition coefficient (Wildman–Crippen LogP) is 2.49. The number of halogens is 2. The Kier molecular flexibility index (Phi) is 7.31. The standard InChI is InChI=1S/C21H26F2N8O/c1-2-18(24)29-31(25)19-4-3-17(13-27-19)30-10-6-16-11-15(12-28-20(16)30)5-7-21(22,23)8-9-26-14-32/h3-4,6,10-14H,2,5,7-9,25H2,1H3,(H2,24,29)(H,26,32). The van der Waals surface area contributed by atoms with E-state index < -0.39 is 12.3 Å². The number of nitrogens with zero attached hydrogens (tertiary/aromatic N) is 5. The van der Waals surface area contributed by atoms with Gasteiger partial charge in [-0.3, -0.25) is 9.36 Å². The van der Waals surface area contributed by atoms with Crippen molar-refractivity contribution < 1.29 is 13.6 Å². The molecule has 0 aliphatic carbocycles. The summed E-state index contributed by atoms with van der Waals surface area (Å²) in [7, 11) is 0. The number of fused-ring (bicyclic) bond motifs is 1. The number of nitrogens with one attached hydrogen (secondary N) is 1. The minimum absolute atomic E-state index is 0.0519. The van der Waals surface area contributed by atoms with Gasteiger partial charge >= 0.3 is 0 Å². The lowest BCUT2D eigenvalue weighted by molar-refractivity contribution is -0.109. The first-order valence-electron chi connectivity index (χ1n) is 10.2. The summed E-state index contributed by atoms with van der Waals surface area (Å²) in [5.74, 6) is 3.82. The Bertz CT molecular complexity index is 1080. The first kappa shape index (κ1) is 23.1. The Balaban J connectivity index is 1.71. The number of hydrazone groups is 1. The van der Waals surface area contributed by atoms with Crippen LogP contribution in [0, 0.1) is 0 Å². The molecule has 0 saturated carbocycles. The number of alkyl halides is 2. The third kappa shape index (κ3) is 5.76. The number of pyridine rings is 2. The number of amides is 1. The Labute approximate surface area is 184 Å². The van der Waals surface area contributed by atoms with Crippen LogP contribution in [0.2, 0.25) is 0 Å². The molecule has 0 bridgehead atoms. The number of anilines is 1. The van der Waals surface area contributed by atoms with Crippen molar-refractivity contribution in [3.63, 3.8) is 0 Å². The molecule has 3 heterocycles. The number of carbonyl (C=O) groups is 1. The maximum absolute atomic E-state index is 13.9. The van der Waals surface area contributed by atoms with E-state index in [9.17, 15) is 13.6 Å². The van der Waals surface area contributed by atoms with Crippen LogP contribution in [-0.4, -0.2) is 39.2 Å². The van der Waals surface area contributed by atoms with Gasteiger partial charge in [0.2, 0.25) is 12.3 Å². The number of hydrogen-bond acceptors (Lipinski definition) is 6. The molecular weight excluding hydrogens is 418 g/mol. The summed E-state index contributed by atoms with van der Waals surface area (Å²) >= 11 is 0. The van der Waals surface area contributed by atoms with Crippen LogP contribution in [0.1, 0.15) is 31.7 Å². The number of aryl methyl sites for hydroxylation is 1. The molecule has 1 amide bonds. The van der Waals surface area contributed by atoms with E-state index >= 15 is 0 Å². The number of rotatable bonds is 11. The number of nitrogens with two attached hydrogens (primary N) is 2. The van der Waals surface area contributed by atoms with E-state index in [0.29, 0.717) is 30.1 Å². The van der Waals surface area contributed by atoms with Crippen LogP contribution in [0.5, 0.6) is 0 Å². The summed E-state index contributed by atoms with van der Waals surface area (Å²) in [5.41, 5.74) is 7.86. The predicted molar refractivity (Wildman–Crippen MR) is 119 cm³/mol. The fraction of sp³-hybridized carbons (Fsp3) is 0.333. The molecule has 3 aromatic heterocycles. The Morgan fingerprint density at radius 3 is 2.78 bits per heavy atom. The molecule has 32 heavy (non-hydrogen) atoms. The van der Waals surface area contributed by atoms with Crippen molar-refractivity contribution in [2.24, 2.45) is 16.7 Å². The van der Waals surface area contributed by atoms with Crippen LogP contribution in [0.15, 0.2) is 48.0 Å². The van der Waals surface area contributed by atoms with Crippen molar-refractivity contribution in [2.45, 2.75) is 38.5 Å². The fourth-order valence-corrected chi connectivity index (χ4v) is 3.10. The van der Waals surface area contributed by atoms with Gasteiger partial charge in [-0.15, -0.1) is 5.10 Å². The minimum atomic E-state index is -2.85. The van der Waals surface area contributed by atoms with Crippen molar-refractivity contribution in [2.75, 3.05) is 11.7 Å². The largest absolute Gasteiger partial charge is 0.386 e. The molecule has 0 aromatic carbocycles. The van der Waals surface area contributed by atoms with Gasteiger partial charge in [0, 0.05) is 43.6 Å². The zero-order valence-corrected chi connectivity index (χ0v) is 17.7. The molecule has 3 aromatic rings. The normalized spacial score (nSPS) is 12.2. The van der Waals surface area contributed by atoms with Crippen molar-refractivity contribution in [3.05, 3.63) is 48.4 Å². The van der Waals surface area contributed by atoms with Crippen LogP contribution in [0.3, 0.4) is 0 Å². The number of carbonyl (C=O) groups excluding carboxylic acids is 1. The van der Waals surface area contributed by atoms with Crippen molar-refractivity contribution in [3.8, 4) is 5.69 Å². The van der Waals surface area contributed by atoms with Crippen molar-refractivity contribution >= 4 is 29.1 Å².